The maximum absolute atomic E-state index is 2.38. The molecule has 0 aliphatic carbocycles. The molecule has 236 valence electrons. The predicted octanol–water partition coefficient (Wildman–Crippen LogP) is 13.3. The van der Waals surface area contributed by atoms with Crippen LogP contribution in [0.2, 0.25) is 0 Å². The maximum atomic E-state index is 2.38. The van der Waals surface area contributed by atoms with Crippen molar-refractivity contribution in [1.29, 1.82) is 0 Å². The number of anilines is 3. The van der Waals surface area contributed by atoms with E-state index in [1.54, 1.807) is 0 Å². The van der Waals surface area contributed by atoms with Gasteiger partial charge in [-0.3, -0.25) is 0 Å². The monoisotopic (exact) mass is 638 g/mol. The van der Waals surface area contributed by atoms with Crippen LogP contribution in [0.1, 0.15) is 0 Å². The van der Waals surface area contributed by atoms with Crippen LogP contribution >= 0.6 is 0 Å². The molecule has 0 atom stereocenters. The lowest BCUT2D eigenvalue weighted by molar-refractivity contribution is 1.18. The van der Waals surface area contributed by atoms with E-state index in [2.05, 4.69) is 216 Å². The first-order chi connectivity index (χ1) is 24.8. The molecule has 0 bridgehead atoms. The summed E-state index contributed by atoms with van der Waals surface area (Å²) < 4.78 is 2.38. The zero-order valence-corrected chi connectivity index (χ0v) is 27.5. The summed E-state index contributed by atoms with van der Waals surface area (Å²) in [6.07, 6.45) is 0. The zero-order valence-electron chi connectivity index (χ0n) is 27.5. The van der Waals surface area contributed by atoms with Gasteiger partial charge in [-0.15, -0.1) is 0 Å². The fourth-order valence-electron chi connectivity index (χ4n) is 7.12. The number of aromatic nitrogens is 1. The molecule has 0 unspecified atom stereocenters. The molecule has 0 aliphatic heterocycles. The Morgan fingerprint density at radius 2 is 0.680 bits per heavy atom. The van der Waals surface area contributed by atoms with Crippen molar-refractivity contribution >= 4 is 38.9 Å². The molecule has 0 aliphatic rings. The SMILES string of the molecule is c1ccc(-c2ccc(N(c3ccccc3)c3ccc(-c4ccc(-n5c6ccccc6c6cc(-c7ccccc7)ccc65)cc4)cc3)cc2)cc1. The molecule has 50 heavy (non-hydrogen) atoms. The number of rotatable bonds is 7. The molecular weight excluding hydrogens is 605 g/mol. The average molecular weight is 639 g/mol. The van der Waals surface area contributed by atoms with Crippen molar-refractivity contribution in [3.63, 3.8) is 0 Å². The molecule has 0 fully saturated rings. The first kappa shape index (κ1) is 29.5. The Bertz CT molecular complexity index is 2530. The second-order valence-corrected chi connectivity index (χ2v) is 12.6. The number of hydrogen-bond donors (Lipinski definition) is 0. The van der Waals surface area contributed by atoms with Gasteiger partial charge in [0.05, 0.1) is 11.0 Å². The van der Waals surface area contributed by atoms with E-state index >= 15 is 0 Å². The van der Waals surface area contributed by atoms with E-state index in [1.807, 2.05) is 0 Å². The van der Waals surface area contributed by atoms with Crippen molar-refractivity contribution in [2.75, 3.05) is 4.90 Å². The van der Waals surface area contributed by atoms with Crippen LogP contribution in [0.25, 0.3) is 60.9 Å². The van der Waals surface area contributed by atoms with Gasteiger partial charge in [0.1, 0.15) is 0 Å². The van der Waals surface area contributed by atoms with E-state index in [9.17, 15) is 0 Å². The lowest BCUT2D eigenvalue weighted by Crippen LogP contribution is -2.09. The van der Waals surface area contributed by atoms with Gasteiger partial charge >= 0.3 is 0 Å². The maximum Gasteiger partial charge on any atom is 0.0541 e. The molecule has 2 nitrogen and oxygen atoms in total. The van der Waals surface area contributed by atoms with Gasteiger partial charge in [-0.2, -0.15) is 0 Å². The van der Waals surface area contributed by atoms with Crippen LogP contribution < -0.4 is 4.90 Å². The van der Waals surface area contributed by atoms with Crippen LogP contribution in [0.5, 0.6) is 0 Å². The Hall–Kier alpha value is -6.64. The molecule has 8 aromatic carbocycles. The number of nitrogens with zero attached hydrogens (tertiary/aromatic N) is 2. The molecule has 0 radical (unpaired) electrons. The minimum atomic E-state index is 1.11. The van der Waals surface area contributed by atoms with E-state index in [1.165, 1.54) is 55.2 Å². The lowest BCUT2D eigenvalue weighted by Gasteiger charge is -2.26. The molecule has 1 heterocycles. The van der Waals surface area contributed by atoms with Crippen molar-refractivity contribution in [2.45, 2.75) is 0 Å². The van der Waals surface area contributed by atoms with Crippen molar-refractivity contribution in [2.24, 2.45) is 0 Å². The average Bonchev–Trinajstić information content (AvgIpc) is 3.53. The smallest absolute Gasteiger partial charge is 0.0541 e. The van der Waals surface area contributed by atoms with Gasteiger partial charge in [0.25, 0.3) is 0 Å². The predicted molar refractivity (Wildman–Crippen MR) is 212 cm³/mol. The highest BCUT2D eigenvalue weighted by molar-refractivity contribution is 6.10. The first-order valence-corrected chi connectivity index (χ1v) is 17.1. The summed E-state index contributed by atoms with van der Waals surface area (Å²) in [5.74, 6) is 0. The Morgan fingerprint density at radius 3 is 1.26 bits per heavy atom. The third-order valence-corrected chi connectivity index (χ3v) is 9.61. The third-order valence-electron chi connectivity index (χ3n) is 9.61. The number of benzene rings is 8. The Morgan fingerprint density at radius 1 is 0.280 bits per heavy atom. The lowest BCUT2D eigenvalue weighted by atomic mass is 10.0. The Labute approximate surface area is 292 Å². The van der Waals surface area contributed by atoms with Crippen molar-refractivity contribution in [3.05, 3.63) is 206 Å². The second-order valence-electron chi connectivity index (χ2n) is 12.6. The quantitative estimate of drug-likeness (QED) is 0.169. The fourth-order valence-corrected chi connectivity index (χ4v) is 7.12. The van der Waals surface area contributed by atoms with Crippen molar-refractivity contribution < 1.29 is 0 Å². The van der Waals surface area contributed by atoms with Crippen LogP contribution in [0, 0.1) is 0 Å². The van der Waals surface area contributed by atoms with E-state index in [-0.39, 0.29) is 0 Å². The standard InChI is InChI=1S/C48H34N2/c1-4-12-35(13-5-1)37-20-27-42(28-21-37)49(41-16-8-3-9-17-41)43-29-22-38(23-30-43)39-24-31-44(32-25-39)50-47-19-11-10-18-45(47)46-34-40(26-33-48(46)50)36-14-6-2-7-15-36/h1-34H. The minimum Gasteiger partial charge on any atom is -0.311 e. The molecule has 0 amide bonds. The van der Waals surface area contributed by atoms with E-state index < -0.39 is 0 Å². The fraction of sp³-hybridized carbons (Fsp3) is 0. The van der Waals surface area contributed by atoms with Gasteiger partial charge in [0.2, 0.25) is 0 Å². The largest absolute Gasteiger partial charge is 0.311 e. The molecule has 0 saturated heterocycles. The summed E-state index contributed by atoms with van der Waals surface area (Å²) >= 11 is 0. The van der Waals surface area contributed by atoms with E-state index in [4.69, 9.17) is 0 Å². The van der Waals surface area contributed by atoms with Crippen LogP contribution in [0.3, 0.4) is 0 Å². The Kier molecular flexibility index (Phi) is 7.53. The van der Waals surface area contributed by atoms with Gasteiger partial charge in [-0.25, -0.2) is 0 Å². The van der Waals surface area contributed by atoms with Crippen molar-refractivity contribution in [3.8, 4) is 39.1 Å². The molecule has 9 aromatic rings. The third kappa shape index (κ3) is 5.43. The summed E-state index contributed by atoms with van der Waals surface area (Å²) in [7, 11) is 0. The van der Waals surface area contributed by atoms with Crippen LogP contribution in [-0.4, -0.2) is 4.57 Å². The molecule has 0 spiro atoms. The number of hydrogen-bond acceptors (Lipinski definition) is 1. The highest BCUT2D eigenvalue weighted by atomic mass is 15.1. The van der Waals surface area contributed by atoms with Crippen molar-refractivity contribution in [1.82, 2.24) is 4.57 Å². The van der Waals surface area contributed by atoms with E-state index in [0.717, 1.165) is 22.7 Å². The minimum absolute atomic E-state index is 1.11. The molecular formula is C48H34N2. The summed E-state index contributed by atoms with van der Waals surface area (Å²) in [4.78, 5) is 2.31. The van der Waals surface area contributed by atoms with Gasteiger partial charge in [-0.1, -0.05) is 140 Å². The van der Waals surface area contributed by atoms with Crippen LogP contribution in [0.4, 0.5) is 17.1 Å². The topological polar surface area (TPSA) is 8.17 Å². The van der Waals surface area contributed by atoms with Gasteiger partial charge in [-0.05, 0) is 100 Å². The van der Waals surface area contributed by atoms with E-state index in [0.29, 0.717) is 0 Å². The van der Waals surface area contributed by atoms with Crippen LogP contribution in [0.15, 0.2) is 206 Å². The molecule has 9 rings (SSSR count). The molecule has 0 N–H and O–H groups in total. The Balaban J connectivity index is 1.04. The second kappa shape index (κ2) is 12.8. The summed E-state index contributed by atoms with van der Waals surface area (Å²) in [6.45, 7) is 0. The highest BCUT2D eigenvalue weighted by Gasteiger charge is 2.15. The first-order valence-electron chi connectivity index (χ1n) is 17.1. The summed E-state index contributed by atoms with van der Waals surface area (Å²) in [5.41, 5.74) is 14.2. The number of para-hydroxylation sites is 2. The zero-order chi connectivity index (χ0) is 33.3. The van der Waals surface area contributed by atoms with Gasteiger partial charge < -0.3 is 9.47 Å². The summed E-state index contributed by atoms with van der Waals surface area (Å²) in [5, 5.41) is 2.52. The molecule has 0 saturated carbocycles. The highest BCUT2D eigenvalue weighted by Crippen LogP contribution is 2.38. The number of fused-ring (bicyclic) bond motifs is 3. The van der Waals surface area contributed by atoms with Gasteiger partial charge in [0, 0.05) is 33.5 Å². The van der Waals surface area contributed by atoms with Crippen LogP contribution in [-0.2, 0) is 0 Å². The molecule has 1 aromatic heterocycles. The summed E-state index contributed by atoms with van der Waals surface area (Å²) in [6, 6.07) is 73.9. The normalized spacial score (nSPS) is 11.2. The molecule has 2 heteroatoms. The van der Waals surface area contributed by atoms with Gasteiger partial charge in [0.15, 0.2) is 0 Å².